The molecule has 0 radical (unpaired) electrons. The average molecular weight is 538 g/mol. The van der Waals surface area contributed by atoms with Crippen molar-refractivity contribution in [3.05, 3.63) is 23.9 Å². The predicted octanol–water partition coefficient (Wildman–Crippen LogP) is 5.46. The Labute approximate surface area is 232 Å². The van der Waals surface area contributed by atoms with Gasteiger partial charge in [0, 0.05) is 37.5 Å². The maximum Gasteiger partial charge on any atom is 0.410 e. The normalized spacial score (nSPS) is 23.9. The molecule has 1 aromatic rings. The molecule has 4 heterocycles. The Morgan fingerprint density at radius 3 is 2.56 bits per heavy atom. The van der Waals surface area contributed by atoms with Crippen molar-refractivity contribution < 1.29 is 19.0 Å². The van der Waals surface area contributed by atoms with Crippen LogP contribution in [0.3, 0.4) is 0 Å². The van der Waals surface area contributed by atoms with Gasteiger partial charge < -0.3 is 24.4 Å². The van der Waals surface area contributed by atoms with Crippen LogP contribution in [0, 0.1) is 5.41 Å². The molecule has 4 aliphatic heterocycles. The van der Waals surface area contributed by atoms with Gasteiger partial charge in [-0.1, -0.05) is 19.9 Å². The number of aliphatic imine (C=N–C) groups is 2. The number of ether oxygens (including phenoxy) is 3. The van der Waals surface area contributed by atoms with Crippen molar-refractivity contribution in [1.82, 2.24) is 10.2 Å². The minimum atomic E-state index is -0.493. The average Bonchev–Trinajstić information content (AvgIpc) is 3.67. The molecule has 1 fully saturated rings. The Balaban J connectivity index is 1.35. The maximum atomic E-state index is 12.4. The van der Waals surface area contributed by atoms with E-state index in [-0.39, 0.29) is 29.6 Å². The summed E-state index contributed by atoms with van der Waals surface area (Å²) in [4.78, 5) is 26.6. The molecule has 1 saturated heterocycles. The number of hydrogen-bond donors (Lipinski definition) is 1. The van der Waals surface area contributed by atoms with E-state index in [0.717, 1.165) is 59.4 Å². The van der Waals surface area contributed by atoms with Crippen LogP contribution in [-0.4, -0.2) is 73.1 Å². The van der Waals surface area contributed by atoms with E-state index >= 15 is 0 Å². The van der Waals surface area contributed by atoms with E-state index in [0.29, 0.717) is 19.8 Å². The number of nitrogens with zero attached hydrogens (tertiary/aromatic N) is 4. The molecule has 3 unspecified atom stereocenters. The van der Waals surface area contributed by atoms with Gasteiger partial charge in [-0.2, -0.15) is 0 Å². The van der Waals surface area contributed by atoms with Crippen molar-refractivity contribution in [2.45, 2.75) is 91.5 Å². The molecule has 212 valence electrons. The molecule has 0 aliphatic carbocycles. The number of benzene rings is 1. The fourth-order valence-electron chi connectivity index (χ4n) is 5.54. The summed E-state index contributed by atoms with van der Waals surface area (Å²) in [6.07, 6.45) is 4.71. The summed E-state index contributed by atoms with van der Waals surface area (Å²) in [7, 11) is 1.80. The lowest BCUT2D eigenvalue weighted by molar-refractivity contribution is 0.0291. The summed E-state index contributed by atoms with van der Waals surface area (Å²) in [5.41, 5.74) is 3.48. The maximum absolute atomic E-state index is 12.4. The Morgan fingerprint density at radius 2 is 1.87 bits per heavy atom. The number of carbonyl (C=O) groups excluding carboxylic acids is 1. The molecule has 9 nitrogen and oxygen atoms in total. The molecule has 1 N–H and O–H groups in total. The van der Waals surface area contributed by atoms with Crippen molar-refractivity contribution in [3.8, 4) is 11.5 Å². The smallest absolute Gasteiger partial charge is 0.410 e. The molecule has 1 aromatic carbocycles. The number of rotatable bonds is 6. The lowest BCUT2D eigenvalue weighted by Crippen LogP contribution is -2.42. The Kier molecular flexibility index (Phi) is 7.16. The van der Waals surface area contributed by atoms with E-state index in [2.05, 4.69) is 44.0 Å². The number of anilines is 1. The zero-order valence-corrected chi connectivity index (χ0v) is 24.6. The van der Waals surface area contributed by atoms with Gasteiger partial charge in [-0.25, -0.2) is 9.79 Å². The summed E-state index contributed by atoms with van der Waals surface area (Å²) in [6.45, 7) is 16.3. The van der Waals surface area contributed by atoms with Crippen LogP contribution < -0.4 is 19.7 Å². The highest BCUT2D eigenvalue weighted by Gasteiger charge is 2.52. The van der Waals surface area contributed by atoms with E-state index in [1.54, 1.807) is 11.9 Å². The van der Waals surface area contributed by atoms with E-state index in [9.17, 15) is 4.79 Å². The Bertz CT molecular complexity index is 1230. The van der Waals surface area contributed by atoms with Crippen LogP contribution >= 0.6 is 0 Å². The molecule has 4 aliphatic rings. The van der Waals surface area contributed by atoms with Crippen LogP contribution in [0.1, 0.15) is 67.7 Å². The second-order valence-electron chi connectivity index (χ2n) is 12.8. The predicted molar refractivity (Wildman–Crippen MR) is 155 cm³/mol. The van der Waals surface area contributed by atoms with E-state index in [1.165, 1.54) is 0 Å². The summed E-state index contributed by atoms with van der Waals surface area (Å²) < 4.78 is 17.3. The van der Waals surface area contributed by atoms with Crippen LogP contribution in [0.4, 0.5) is 16.2 Å². The van der Waals surface area contributed by atoms with Gasteiger partial charge in [0.2, 0.25) is 0 Å². The van der Waals surface area contributed by atoms with Gasteiger partial charge in [0.15, 0.2) is 17.3 Å². The quantitative estimate of drug-likeness (QED) is 0.484. The van der Waals surface area contributed by atoms with Crippen molar-refractivity contribution in [2.24, 2.45) is 15.4 Å². The first kappa shape index (κ1) is 27.5. The molecule has 39 heavy (non-hydrogen) atoms. The molecule has 0 spiro atoms. The highest BCUT2D eigenvalue weighted by atomic mass is 16.6. The Hall–Kier alpha value is -3.07. The third-order valence-corrected chi connectivity index (χ3v) is 7.75. The number of carbonyl (C=O) groups is 1. The first-order valence-corrected chi connectivity index (χ1v) is 14.1. The van der Waals surface area contributed by atoms with E-state index < -0.39 is 5.60 Å². The lowest BCUT2D eigenvalue weighted by Gasteiger charge is -2.33. The van der Waals surface area contributed by atoms with Crippen molar-refractivity contribution in [3.63, 3.8) is 0 Å². The largest absolute Gasteiger partial charge is 0.486 e. The minimum absolute atomic E-state index is 0.00165. The molecule has 0 bridgehead atoms. The van der Waals surface area contributed by atoms with Gasteiger partial charge in [-0.15, -0.1) is 0 Å². The molecule has 0 saturated carbocycles. The van der Waals surface area contributed by atoms with E-state index in [1.807, 2.05) is 32.9 Å². The SMILES string of the molecule is CC1=CCC(C)N=C2C(C3NC3C(C)(C)CCCN(C)C(=O)OC(C)(C)C)=Nc3cc4c(cc3N12)OCCO4. The summed E-state index contributed by atoms with van der Waals surface area (Å²) >= 11 is 0. The molecule has 5 rings (SSSR count). The third-order valence-electron chi connectivity index (χ3n) is 7.75. The number of hydrogen-bond acceptors (Lipinski definition) is 8. The fraction of sp³-hybridized carbons (Fsp3) is 0.633. The molecule has 0 aromatic heterocycles. The first-order chi connectivity index (χ1) is 18.3. The zero-order valence-electron chi connectivity index (χ0n) is 24.6. The van der Waals surface area contributed by atoms with Gasteiger partial charge in [0.1, 0.15) is 24.5 Å². The van der Waals surface area contributed by atoms with Gasteiger partial charge in [-0.3, -0.25) is 9.89 Å². The fourth-order valence-corrected chi connectivity index (χ4v) is 5.54. The number of fused-ring (bicyclic) bond motifs is 4. The van der Waals surface area contributed by atoms with Crippen LogP contribution in [0.2, 0.25) is 0 Å². The highest BCUT2D eigenvalue weighted by Crippen LogP contribution is 2.47. The lowest BCUT2D eigenvalue weighted by atomic mass is 9.81. The molecular formula is C30H43N5O4. The molecular weight excluding hydrogens is 494 g/mol. The zero-order chi connectivity index (χ0) is 28.1. The van der Waals surface area contributed by atoms with Gasteiger partial charge >= 0.3 is 6.09 Å². The van der Waals surface area contributed by atoms with Crippen LogP contribution in [-0.2, 0) is 4.74 Å². The molecule has 9 heteroatoms. The molecule has 1 amide bonds. The summed E-state index contributed by atoms with van der Waals surface area (Å²) in [5.74, 6) is 2.41. The van der Waals surface area contributed by atoms with Crippen molar-refractivity contribution in [2.75, 3.05) is 31.7 Å². The van der Waals surface area contributed by atoms with Gasteiger partial charge in [-0.05, 0) is 59.3 Å². The van der Waals surface area contributed by atoms with E-state index in [4.69, 9.17) is 24.2 Å². The number of amides is 1. The first-order valence-electron chi connectivity index (χ1n) is 14.1. The second kappa shape index (κ2) is 10.2. The third kappa shape index (κ3) is 5.78. The van der Waals surface area contributed by atoms with Gasteiger partial charge in [0.05, 0.1) is 23.5 Å². The monoisotopic (exact) mass is 537 g/mol. The Morgan fingerprint density at radius 1 is 1.18 bits per heavy atom. The standard InChI is InChI=1S/C30H43N5O4/c1-18-10-11-19(2)35-21-17-23-22(37-14-15-38-23)16-20(21)32-25(27(35)31-18)24-26(33-24)30(6,7)12-9-13-34(8)28(36)39-29(3,4)5/h11,16-18,24,26,33H,9-10,12-15H2,1-8H3. The molecule has 3 atom stereocenters. The van der Waals surface area contributed by atoms with Crippen molar-refractivity contribution >= 4 is 29.0 Å². The van der Waals surface area contributed by atoms with Crippen LogP contribution in [0.5, 0.6) is 11.5 Å². The van der Waals surface area contributed by atoms with Crippen molar-refractivity contribution in [1.29, 1.82) is 0 Å². The summed E-state index contributed by atoms with van der Waals surface area (Å²) in [6, 6.07) is 4.56. The topological polar surface area (TPSA) is 97.9 Å². The summed E-state index contributed by atoms with van der Waals surface area (Å²) in [5, 5.41) is 3.73. The van der Waals surface area contributed by atoms with Gasteiger partial charge in [0.25, 0.3) is 0 Å². The van der Waals surface area contributed by atoms with Crippen LogP contribution in [0.25, 0.3) is 0 Å². The minimum Gasteiger partial charge on any atom is -0.486 e. The number of amidine groups is 1. The second-order valence-corrected chi connectivity index (χ2v) is 12.8. The number of nitrogens with one attached hydrogen (secondary N) is 1. The van der Waals surface area contributed by atoms with Crippen LogP contribution in [0.15, 0.2) is 33.9 Å². The number of allylic oxidation sites excluding steroid dienone is 1. The highest BCUT2D eigenvalue weighted by molar-refractivity contribution is 6.51.